The number of benzene rings is 2. The van der Waals surface area contributed by atoms with Crippen LogP contribution in [0.1, 0.15) is 74.0 Å². The summed E-state index contributed by atoms with van der Waals surface area (Å²) in [4.78, 5) is 32.0. The first kappa shape index (κ1) is 36.1. The van der Waals surface area contributed by atoms with E-state index in [9.17, 15) is 19.8 Å². The number of ketones is 1. The number of aliphatic hydroxyl groups excluding tert-OH is 1. The van der Waals surface area contributed by atoms with Gasteiger partial charge in [0.2, 0.25) is 0 Å². The Balaban J connectivity index is 1.16. The molecule has 0 saturated heterocycles. The van der Waals surface area contributed by atoms with Crippen LogP contribution >= 0.6 is 11.3 Å². The van der Waals surface area contributed by atoms with E-state index in [0.717, 1.165) is 37.7 Å². The molecule has 1 aromatic heterocycles. The third-order valence-electron chi connectivity index (χ3n) is 14.6. The molecule has 2 bridgehead atoms. The summed E-state index contributed by atoms with van der Waals surface area (Å²) >= 11 is 1.67. The smallest absolute Gasteiger partial charge is 0.321 e. The van der Waals surface area contributed by atoms with Crippen LogP contribution < -0.4 is 14.8 Å². The first-order valence-electron chi connectivity index (χ1n) is 19.2. The zero-order chi connectivity index (χ0) is 37.2. The number of urea groups is 1. The van der Waals surface area contributed by atoms with E-state index in [-0.39, 0.29) is 35.6 Å². The van der Waals surface area contributed by atoms with Crippen LogP contribution in [0.4, 0.5) is 10.5 Å². The molecule has 6 aliphatic carbocycles. The van der Waals surface area contributed by atoms with Crippen LogP contribution in [-0.4, -0.2) is 65.9 Å². The van der Waals surface area contributed by atoms with E-state index in [2.05, 4.69) is 43.5 Å². The maximum absolute atomic E-state index is 14.9. The molecule has 2 spiro atoms. The molecule has 280 valence electrons. The van der Waals surface area contributed by atoms with Crippen molar-refractivity contribution >= 4 is 28.8 Å². The van der Waals surface area contributed by atoms with Gasteiger partial charge in [-0.25, -0.2) is 4.79 Å². The van der Waals surface area contributed by atoms with Gasteiger partial charge in [0.25, 0.3) is 0 Å². The molecule has 53 heavy (non-hydrogen) atoms. The van der Waals surface area contributed by atoms with E-state index < -0.39 is 27.9 Å². The number of carbonyl (C=O) groups excluding carboxylic acids is 2. The second-order valence-electron chi connectivity index (χ2n) is 16.8. The average Bonchev–Trinajstić information content (AvgIpc) is 3.78. The number of allylic oxidation sites excluding steroid dienone is 4. The van der Waals surface area contributed by atoms with E-state index in [4.69, 9.17) is 9.47 Å². The highest BCUT2D eigenvalue weighted by atomic mass is 32.1. The number of nitrogens with one attached hydrogen (secondary N) is 1. The lowest BCUT2D eigenvalue weighted by Crippen LogP contribution is -2.67. The summed E-state index contributed by atoms with van der Waals surface area (Å²) in [6.45, 7) is 5.27. The largest absolute Gasteiger partial charge is 0.497 e. The lowest BCUT2D eigenvalue weighted by Gasteiger charge is -2.71. The maximum atomic E-state index is 14.9. The number of fused-ring (bicyclic) bond motifs is 1. The van der Waals surface area contributed by atoms with Gasteiger partial charge < -0.3 is 29.9 Å². The van der Waals surface area contributed by atoms with Crippen LogP contribution in [0.25, 0.3) is 0 Å². The normalized spacial score (nSPS) is 35.1. The second-order valence-corrected chi connectivity index (χ2v) is 17.8. The third-order valence-corrected chi connectivity index (χ3v) is 15.5. The molecule has 2 amide bonds. The SMILES string of the molecule is COc1ccc(NC(=O)N(CCc2cccs2)C[C@]2(O)CC[C@H]3[C@]45C=C[C@@]6(C=C4C(=O)c4ccc(OC)cc4)CC(O)CC[C@]6(C)[C@H]5CC[C@@]32C)cc1. The molecule has 3 saturated carbocycles. The number of ether oxygens (including phenoxy) is 2. The van der Waals surface area contributed by atoms with E-state index in [1.54, 1.807) is 30.5 Å². The molecule has 8 atom stereocenters. The highest BCUT2D eigenvalue weighted by Crippen LogP contribution is 2.78. The molecule has 1 unspecified atom stereocenters. The van der Waals surface area contributed by atoms with E-state index in [1.807, 2.05) is 60.0 Å². The molecule has 2 aromatic carbocycles. The number of aliphatic hydroxyl groups is 2. The second kappa shape index (κ2) is 13.1. The summed E-state index contributed by atoms with van der Waals surface area (Å²) in [5.41, 5.74) is -0.773. The summed E-state index contributed by atoms with van der Waals surface area (Å²) < 4.78 is 10.7. The molecule has 9 heteroatoms. The number of thiophene rings is 1. The van der Waals surface area contributed by atoms with Crippen molar-refractivity contribution in [1.29, 1.82) is 0 Å². The van der Waals surface area contributed by atoms with Crippen molar-refractivity contribution in [3.8, 4) is 11.5 Å². The van der Waals surface area contributed by atoms with Crippen LogP contribution in [0.15, 0.2) is 89.8 Å². The zero-order valence-electron chi connectivity index (χ0n) is 31.3. The Labute approximate surface area is 316 Å². The van der Waals surface area contributed by atoms with Crippen LogP contribution in [0.3, 0.4) is 0 Å². The lowest BCUT2D eigenvalue weighted by molar-refractivity contribution is -0.174. The van der Waals surface area contributed by atoms with Gasteiger partial charge in [-0.1, -0.05) is 38.1 Å². The zero-order valence-corrected chi connectivity index (χ0v) is 32.1. The number of hydrogen-bond donors (Lipinski definition) is 3. The molecule has 9 rings (SSSR count). The molecule has 3 fully saturated rings. The van der Waals surface area contributed by atoms with Gasteiger partial charge in [-0.15, -0.1) is 11.3 Å². The molecule has 3 N–H and O–H groups in total. The first-order chi connectivity index (χ1) is 25.4. The predicted molar refractivity (Wildman–Crippen MR) is 207 cm³/mol. The van der Waals surface area contributed by atoms with Gasteiger partial charge in [-0.3, -0.25) is 4.79 Å². The Morgan fingerprint density at radius 2 is 1.55 bits per heavy atom. The molecular weight excluding hydrogens is 685 g/mol. The van der Waals surface area contributed by atoms with Crippen molar-refractivity contribution in [2.24, 2.45) is 33.5 Å². The molecule has 6 aliphatic rings. The standard InChI is InChI=1S/C44H52N2O6S/c1-40-19-15-31(47)26-42(40)22-23-44(35(27-42)38(48)29-7-11-32(51-3)12-8-29)36(40)16-20-41(2)37(44)17-21-43(41,50)28-46(24-18-34-6-5-25-53-34)39(49)45-30-9-13-33(52-4)14-10-30/h5-14,22-23,25,27,31,36-37,47,50H,15-21,24,26,28H2,1-4H3,(H,45,49)/t31?,36-,37-,40-,41+,42+,43-,44-/m1/s1. The monoisotopic (exact) mass is 736 g/mol. The lowest BCUT2D eigenvalue weighted by atomic mass is 9.32. The number of hydrogen-bond acceptors (Lipinski definition) is 7. The van der Waals surface area contributed by atoms with Crippen molar-refractivity contribution in [3.05, 3.63) is 100 Å². The fourth-order valence-corrected chi connectivity index (χ4v) is 12.3. The number of anilines is 1. The maximum Gasteiger partial charge on any atom is 0.321 e. The molecule has 3 aromatic rings. The van der Waals surface area contributed by atoms with Crippen molar-refractivity contribution in [1.82, 2.24) is 4.90 Å². The topological polar surface area (TPSA) is 108 Å². The van der Waals surface area contributed by atoms with Gasteiger partial charge in [-0.2, -0.15) is 0 Å². The highest BCUT2D eigenvalue weighted by Gasteiger charge is 2.74. The van der Waals surface area contributed by atoms with Gasteiger partial charge in [0.1, 0.15) is 11.5 Å². The Morgan fingerprint density at radius 3 is 2.23 bits per heavy atom. The Kier molecular flexibility index (Phi) is 8.94. The van der Waals surface area contributed by atoms with Crippen molar-refractivity contribution in [2.75, 3.05) is 32.6 Å². The minimum atomic E-state index is -1.18. The molecular formula is C44H52N2O6S. The number of amides is 2. The number of Topliss-reactive ketones (excluding diaryl/α,β-unsaturated/α-hetero) is 1. The predicted octanol–water partition coefficient (Wildman–Crippen LogP) is 8.32. The molecule has 0 aliphatic heterocycles. The van der Waals surface area contributed by atoms with Gasteiger partial charge in [0, 0.05) is 44.5 Å². The summed E-state index contributed by atoms with van der Waals surface area (Å²) in [6.07, 6.45) is 12.4. The minimum absolute atomic E-state index is 0.0135. The van der Waals surface area contributed by atoms with Crippen LogP contribution in [0.2, 0.25) is 0 Å². The van der Waals surface area contributed by atoms with Crippen LogP contribution in [-0.2, 0) is 6.42 Å². The van der Waals surface area contributed by atoms with Gasteiger partial charge in [0.15, 0.2) is 5.78 Å². The Morgan fingerprint density at radius 1 is 0.887 bits per heavy atom. The van der Waals surface area contributed by atoms with Crippen LogP contribution in [0, 0.1) is 33.5 Å². The average molecular weight is 737 g/mol. The van der Waals surface area contributed by atoms with Crippen molar-refractivity contribution in [2.45, 2.75) is 76.9 Å². The Hall–Kier alpha value is -3.92. The van der Waals surface area contributed by atoms with Crippen LogP contribution in [0.5, 0.6) is 11.5 Å². The number of rotatable bonds is 10. The van der Waals surface area contributed by atoms with Gasteiger partial charge in [0.05, 0.1) is 32.5 Å². The Bertz CT molecular complexity index is 1930. The van der Waals surface area contributed by atoms with E-state index in [1.165, 1.54) is 4.88 Å². The number of nitrogens with zero attached hydrogens (tertiary/aromatic N) is 1. The van der Waals surface area contributed by atoms with Crippen molar-refractivity contribution < 1.29 is 29.3 Å². The molecule has 1 heterocycles. The fraction of sp³-hybridized carbons (Fsp3) is 0.500. The summed E-state index contributed by atoms with van der Waals surface area (Å²) in [5, 5.41) is 29.3. The van der Waals surface area contributed by atoms with E-state index >= 15 is 0 Å². The number of carbonyl (C=O) groups is 2. The molecule has 0 radical (unpaired) electrons. The minimum Gasteiger partial charge on any atom is -0.497 e. The highest BCUT2D eigenvalue weighted by molar-refractivity contribution is 7.09. The quantitative estimate of drug-likeness (QED) is 0.143. The summed E-state index contributed by atoms with van der Waals surface area (Å²) in [7, 11) is 3.24. The van der Waals surface area contributed by atoms with Gasteiger partial charge >= 0.3 is 6.03 Å². The first-order valence-corrected chi connectivity index (χ1v) is 20.0. The summed E-state index contributed by atoms with van der Waals surface area (Å²) in [6, 6.07) is 18.5. The summed E-state index contributed by atoms with van der Waals surface area (Å²) in [5.74, 6) is 1.59. The van der Waals surface area contributed by atoms with E-state index in [0.29, 0.717) is 48.6 Å². The van der Waals surface area contributed by atoms with Gasteiger partial charge in [-0.05, 0) is 129 Å². The number of methoxy groups -OCH3 is 2. The fourth-order valence-electron chi connectivity index (χ4n) is 11.6. The van der Waals surface area contributed by atoms with Crippen molar-refractivity contribution in [3.63, 3.8) is 0 Å². The third kappa shape index (κ3) is 5.51. The molecule has 8 nitrogen and oxygen atoms in total.